The highest BCUT2D eigenvalue weighted by Gasteiger charge is 2.23. The highest BCUT2D eigenvalue weighted by molar-refractivity contribution is 5.95. The molecule has 0 spiro atoms. The quantitative estimate of drug-likeness (QED) is 0.685. The van der Waals surface area contributed by atoms with Crippen LogP contribution >= 0.6 is 0 Å². The van der Waals surface area contributed by atoms with Gasteiger partial charge in [-0.2, -0.15) is 5.10 Å². The van der Waals surface area contributed by atoms with Gasteiger partial charge in [0.05, 0.1) is 5.69 Å². The number of anilines is 1. The number of carbonyl (C=O) groups excluding carboxylic acids is 1. The van der Waals surface area contributed by atoms with Crippen LogP contribution in [-0.4, -0.2) is 15.7 Å². The second-order valence-corrected chi connectivity index (χ2v) is 3.46. The summed E-state index contributed by atoms with van der Waals surface area (Å²) in [5.74, 6) is 0.145. The summed E-state index contributed by atoms with van der Waals surface area (Å²) in [6.45, 7) is 0.845. The lowest BCUT2D eigenvalue weighted by Crippen LogP contribution is -2.14. The van der Waals surface area contributed by atoms with Gasteiger partial charge in [0, 0.05) is 12.7 Å². The summed E-state index contributed by atoms with van der Waals surface area (Å²) in [6.07, 6.45) is 4.15. The highest BCUT2D eigenvalue weighted by atomic mass is 16.1. The molecule has 0 atom stereocenters. The lowest BCUT2D eigenvalue weighted by Gasteiger charge is -1.95. The smallest absolute Gasteiger partial charge is 0.271 e. The molecule has 2 rings (SSSR count). The Hall–Kier alpha value is -1.52. The summed E-state index contributed by atoms with van der Waals surface area (Å²) in [5.41, 5.74) is 11.2. The molecule has 0 aromatic carbocycles. The van der Waals surface area contributed by atoms with Gasteiger partial charge in [-0.3, -0.25) is 9.48 Å². The first-order valence-corrected chi connectivity index (χ1v) is 4.29. The van der Waals surface area contributed by atoms with Crippen LogP contribution in [0.1, 0.15) is 23.3 Å². The summed E-state index contributed by atoms with van der Waals surface area (Å²) in [6, 6.07) is 0. The van der Waals surface area contributed by atoms with Crippen molar-refractivity contribution in [2.75, 3.05) is 5.73 Å². The van der Waals surface area contributed by atoms with Crippen LogP contribution in [0, 0.1) is 5.92 Å². The van der Waals surface area contributed by atoms with E-state index >= 15 is 0 Å². The van der Waals surface area contributed by atoms with Crippen LogP contribution in [0.15, 0.2) is 6.20 Å². The lowest BCUT2D eigenvalue weighted by molar-refractivity contribution is 0.0995. The van der Waals surface area contributed by atoms with Crippen molar-refractivity contribution in [1.82, 2.24) is 9.78 Å². The van der Waals surface area contributed by atoms with Gasteiger partial charge in [-0.25, -0.2) is 0 Å². The Kier molecular flexibility index (Phi) is 1.72. The fourth-order valence-electron chi connectivity index (χ4n) is 1.29. The van der Waals surface area contributed by atoms with Crippen molar-refractivity contribution in [3.05, 3.63) is 11.9 Å². The van der Waals surface area contributed by atoms with Crippen molar-refractivity contribution in [3.63, 3.8) is 0 Å². The van der Waals surface area contributed by atoms with E-state index in [-0.39, 0.29) is 5.69 Å². The SMILES string of the molecule is NC(=O)c1nn(CC2CC2)cc1N. The van der Waals surface area contributed by atoms with E-state index in [1.807, 2.05) is 0 Å². The monoisotopic (exact) mass is 180 g/mol. The topological polar surface area (TPSA) is 86.9 Å². The molecule has 0 aliphatic heterocycles. The normalized spacial score (nSPS) is 16.0. The van der Waals surface area contributed by atoms with Gasteiger partial charge in [-0.15, -0.1) is 0 Å². The molecular weight excluding hydrogens is 168 g/mol. The fourth-order valence-corrected chi connectivity index (χ4v) is 1.29. The third-order valence-electron chi connectivity index (χ3n) is 2.17. The molecule has 1 aromatic heterocycles. The van der Waals surface area contributed by atoms with Crippen LogP contribution in [0.2, 0.25) is 0 Å². The fraction of sp³-hybridized carbons (Fsp3) is 0.500. The van der Waals surface area contributed by atoms with E-state index in [0.717, 1.165) is 6.54 Å². The molecule has 5 nitrogen and oxygen atoms in total. The molecule has 5 heteroatoms. The van der Waals surface area contributed by atoms with Crippen LogP contribution in [-0.2, 0) is 6.54 Å². The molecular formula is C8H12N4O. The zero-order valence-electron chi connectivity index (χ0n) is 7.23. The first-order valence-electron chi connectivity index (χ1n) is 4.29. The Morgan fingerprint density at radius 2 is 2.38 bits per heavy atom. The summed E-state index contributed by atoms with van der Waals surface area (Å²) in [5, 5.41) is 4.01. The maximum absolute atomic E-state index is 10.8. The number of nitrogen functional groups attached to an aromatic ring is 1. The first-order chi connectivity index (χ1) is 6.16. The summed E-state index contributed by atoms with van der Waals surface area (Å²) in [7, 11) is 0. The Morgan fingerprint density at radius 3 is 2.85 bits per heavy atom. The second-order valence-electron chi connectivity index (χ2n) is 3.46. The second kappa shape index (κ2) is 2.76. The molecule has 0 unspecified atom stereocenters. The third-order valence-corrected chi connectivity index (χ3v) is 2.17. The van der Waals surface area contributed by atoms with Gasteiger partial charge in [0.2, 0.25) is 0 Å². The summed E-state index contributed by atoms with van der Waals surface area (Å²) in [4.78, 5) is 10.8. The first kappa shape index (κ1) is 8.10. The Balaban J connectivity index is 2.18. The predicted octanol–water partition coefficient (Wildman–Crippen LogP) is -0.0258. The highest BCUT2D eigenvalue weighted by Crippen LogP contribution is 2.30. The zero-order chi connectivity index (χ0) is 9.42. The Labute approximate surface area is 75.7 Å². The van der Waals surface area contributed by atoms with Crippen molar-refractivity contribution < 1.29 is 4.79 Å². The van der Waals surface area contributed by atoms with E-state index in [2.05, 4.69) is 5.10 Å². The predicted molar refractivity (Wildman–Crippen MR) is 47.9 cm³/mol. The number of nitrogens with zero attached hydrogens (tertiary/aromatic N) is 2. The van der Waals surface area contributed by atoms with Gasteiger partial charge in [0.1, 0.15) is 0 Å². The van der Waals surface area contributed by atoms with Crippen molar-refractivity contribution in [2.24, 2.45) is 11.7 Å². The molecule has 1 saturated carbocycles. The van der Waals surface area contributed by atoms with E-state index < -0.39 is 5.91 Å². The van der Waals surface area contributed by atoms with Gasteiger partial charge in [0.15, 0.2) is 5.69 Å². The van der Waals surface area contributed by atoms with Crippen LogP contribution in [0.3, 0.4) is 0 Å². The molecule has 1 amide bonds. The molecule has 0 bridgehead atoms. The largest absolute Gasteiger partial charge is 0.396 e. The molecule has 70 valence electrons. The number of hydrogen-bond acceptors (Lipinski definition) is 3. The molecule has 4 N–H and O–H groups in total. The number of nitrogens with two attached hydrogens (primary N) is 2. The van der Waals surface area contributed by atoms with E-state index in [1.54, 1.807) is 10.9 Å². The third kappa shape index (κ3) is 1.63. The van der Waals surface area contributed by atoms with E-state index in [9.17, 15) is 4.79 Å². The number of primary amides is 1. The maximum Gasteiger partial charge on any atom is 0.271 e. The molecule has 1 fully saturated rings. The minimum absolute atomic E-state index is 0.181. The van der Waals surface area contributed by atoms with E-state index in [4.69, 9.17) is 11.5 Å². The van der Waals surface area contributed by atoms with Gasteiger partial charge in [-0.05, 0) is 18.8 Å². The van der Waals surface area contributed by atoms with Crippen molar-refractivity contribution in [1.29, 1.82) is 0 Å². The van der Waals surface area contributed by atoms with Crippen molar-refractivity contribution >= 4 is 11.6 Å². The molecule has 0 radical (unpaired) electrons. The van der Waals surface area contributed by atoms with E-state index in [1.165, 1.54) is 12.8 Å². The minimum atomic E-state index is -0.563. The number of aromatic nitrogens is 2. The molecule has 1 aromatic rings. The van der Waals surface area contributed by atoms with Crippen LogP contribution in [0.25, 0.3) is 0 Å². The van der Waals surface area contributed by atoms with E-state index in [0.29, 0.717) is 11.6 Å². The molecule has 1 aliphatic carbocycles. The molecule has 13 heavy (non-hydrogen) atoms. The maximum atomic E-state index is 10.8. The Morgan fingerprint density at radius 1 is 1.69 bits per heavy atom. The van der Waals surface area contributed by atoms with Crippen LogP contribution in [0.5, 0.6) is 0 Å². The molecule has 0 saturated heterocycles. The van der Waals surface area contributed by atoms with Crippen LogP contribution < -0.4 is 11.5 Å². The minimum Gasteiger partial charge on any atom is -0.396 e. The van der Waals surface area contributed by atoms with Crippen molar-refractivity contribution in [2.45, 2.75) is 19.4 Å². The summed E-state index contributed by atoms with van der Waals surface area (Å²) >= 11 is 0. The average molecular weight is 180 g/mol. The number of rotatable bonds is 3. The zero-order valence-corrected chi connectivity index (χ0v) is 7.23. The standard InChI is InChI=1S/C8H12N4O/c9-6-4-12(3-5-1-2-5)11-7(6)8(10)13/h4-5H,1-3,9H2,(H2,10,13). The summed E-state index contributed by atoms with van der Waals surface area (Å²) < 4.78 is 1.70. The number of carbonyl (C=O) groups is 1. The number of amides is 1. The molecule has 1 heterocycles. The lowest BCUT2D eigenvalue weighted by atomic mass is 10.4. The van der Waals surface area contributed by atoms with Crippen LogP contribution in [0.4, 0.5) is 5.69 Å². The molecule has 1 aliphatic rings. The average Bonchev–Trinajstić information content (AvgIpc) is 2.75. The van der Waals surface area contributed by atoms with Crippen molar-refractivity contribution in [3.8, 4) is 0 Å². The van der Waals surface area contributed by atoms with Gasteiger partial charge in [0.25, 0.3) is 5.91 Å². The van der Waals surface area contributed by atoms with Gasteiger partial charge < -0.3 is 11.5 Å². The number of hydrogen-bond donors (Lipinski definition) is 2. The van der Waals surface area contributed by atoms with Gasteiger partial charge >= 0.3 is 0 Å². The Bertz CT molecular complexity index is 340. The van der Waals surface area contributed by atoms with Gasteiger partial charge in [-0.1, -0.05) is 0 Å².